The first-order valence-electron chi connectivity index (χ1n) is 7.46. The summed E-state index contributed by atoms with van der Waals surface area (Å²) in [5.74, 6) is 0.284. The van der Waals surface area contributed by atoms with Gasteiger partial charge in [-0.3, -0.25) is 9.69 Å². The fourth-order valence-electron chi connectivity index (χ4n) is 3.64. The van der Waals surface area contributed by atoms with Crippen molar-refractivity contribution >= 4 is 5.91 Å². The summed E-state index contributed by atoms with van der Waals surface area (Å²) in [6.07, 6.45) is 6.68. The molecule has 0 bridgehead atoms. The smallest absolute Gasteiger partial charge is 0.227 e. The monoisotopic (exact) mass is 263 g/mol. The van der Waals surface area contributed by atoms with Gasteiger partial charge in [-0.05, 0) is 32.7 Å². The van der Waals surface area contributed by atoms with Crippen LogP contribution in [0.3, 0.4) is 0 Å². The van der Waals surface area contributed by atoms with Crippen molar-refractivity contribution in [1.82, 2.24) is 10.2 Å². The van der Waals surface area contributed by atoms with E-state index in [0.717, 1.165) is 32.4 Å². The van der Waals surface area contributed by atoms with Crippen molar-refractivity contribution in [2.75, 3.05) is 20.1 Å². The van der Waals surface area contributed by atoms with E-state index in [1.165, 1.54) is 19.3 Å². The molecule has 1 aliphatic carbocycles. The summed E-state index contributed by atoms with van der Waals surface area (Å²) in [6, 6.07) is 2.86. The van der Waals surface area contributed by atoms with Gasteiger partial charge in [0.1, 0.15) is 0 Å². The van der Waals surface area contributed by atoms with E-state index >= 15 is 0 Å². The molecule has 0 radical (unpaired) electrons. The topological polar surface area (TPSA) is 56.1 Å². The lowest BCUT2D eigenvalue weighted by Gasteiger charge is -2.31. The summed E-state index contributed by atoms with van der Waals surface area (Å²) in [6.45, 7) is 3.80. The van der Waals surface area contributed by atoms with Crippen LogP contribution in [0.15, 0.2) is 0 Å². The van der Waals surface area contributed by atoms with Crippen LogP contribution in [0.1, 0.15) is 45.4 Å². The molecule has 4 heteroatoms. The molecule has 19 heavy (non-hydrogen) atoms. The second-order valence-corrected chi connectivity index (χ2v) is 6.30. The number of nitrogens with zero attached hydrogens (tertiary/aromatic N) is 2. The van der Waals surface area contributed by atoms with Gasteiger partial charge in [0.15, 0.2) is 0 Å². The highest BCUT2D eigenvalue weighted by Gasteiger charge is 2.43. The van der Waals surface area contributed by atoms with Crippen molar-refractivity contribution < 1.29 is 4.79 Å². The van der Waals surface area contributed by atoms with Crippen molar-refractivity contribution in [2.45, 2.75) is 51.5 Å². The number of nitriles is 1. The van der Waals surface area contributed by atoms with E-state index in [2.05, 4.69) is 16.3 Å². The molecule has 1 aliphatic heterocycles. The Kier molecular flexibility index (Phi) is 4.46. The Morgan fingerprint density at radius 3 is 2.79 bits per heavy atom. The quantitative estimate of drug-likeness (QED) is 0.774. The van der Waals surface area contributed by atoms with Crippen molar-refractivity contribution in [3.63, 3.8) is 0 Å². The van der Waals surface area contributed by atoms with Gasteiger partial charge in [-0.2, -0.15) is 5.26 Å². The van der Waals surface area contributed by atoms with Crippen LogP contribution in [-0.2, 0) is 4.79 Å². The molecule has 0 aromatic carbocycles. The third-order valence-corrected chi connectivity index (χ3v) is 4.89. The van der Waals surface area contributed by atoms with Crippen LogP contribution in [0.2, 0.25) is 0 Å². The zero-order valence-electron chi connectivity index (χ0n) is 12.1. The fraction of sp³-hybridized carbons (Fsp3) is 0.867. The summed E-state index contributed by atoms with van der Waals surface area (Å²) in [5, 5.41) is 12.2. The van der Waals surface area contributed by atoms with Crippen LogP contribution in [0.25, 0.3) is 0 Å². The van der Waals surface area contributed by atoms with E-state index in [4.69, 9.17) is 0 Å². The zero-order chi connectivity index (χ0) is 13.9. The maximum absolute atomic E-state index is 12.0. The Hall–Kier alpha value is -1.08. The molecule has 1 heterocycles. The molecule has 0 aromatic rings. The van der Waals surface area contributed by atoms with Crippen LogP contribution in [0.5, 0.6) is 0 Å². The number of carbonyl (C=O) groups is 1. The Morgan fingerprint density at radius 2 is 2.11 bits per heavy atom. The summed E-state index contributed by atoms with van der Waals surface area (Å²) in [5.41, 5.74) is -0.277. The third kappa shape index (κ3) is 2.92. The maximum atomic E-state index is 12.0. The van der Waals surface area contributed by atoms with Crippen molar-refractivity contribution in [1.29, 1.82) is 5.26 Å². The predicted octanol–water partition coefficient (Wildman–Crippen LogP) is 1.92. The molecule has 1 amide bonds. The summed E-state index contributed by atoms with van der Waals surface area (Å²) in [4.78, 5) is 14.4. The van der Waals surface area contributed by atoms with Crippen LogP contribution in [-0.4, -0.2) is 37.0 Å². The molecular formula is C15H25N3O. The Bertz CT molecular complexity index is 376. The summed E-state index contributed by atoms with van der Waals surface area (Å²) < 4.78 is 0. The number of rotatable bonds is 2. The molecule has 4 nitrogen and oxygen atoms in total. The molecule has 2 aliphatic rings. The minimum Gasteiger partial charge on any atom is -0.359 e. The van der Waals surface area contributed by atoms with Gasteiger partial charge in [-0.1, -0.05) is 19.3 Å². The molecule has 1 saturated heterocycles. The van der Waals surface area contributed by atoms with E-state index in [0.29, 0.717) is 6.04 Å². The normalized spacial score (nSPS) is 36.5. The largest absolute Gasteiger partial charge is 0.359 e. The number of likely N-dealkylation sites (tertiary alicyclic amines) is 1. The van der Waals surface area contributed by atoms with Gasteiger partial charge in [0, 0.05) is 19.6 Å². The summed E-state index contributed by atoms with van der Waals surface area (Å²) >= 11 is 0. The summed E-state index contributed by atoms with van der Waals surface area (Å²) in [7, 11) is 1.71. The molecule has 3 atom stereocenters. The van der Waals surface area contributed by atoms with Crippen molar-refractivity contribution in [3.8, 4) is 6.07 Å². The van der Waals surface area contributed by atoms with Crippen molar-refractivity contribution in [2.24, 2.45) is 11.3 Å². The van der Waals surface area contributed by atoms with Crippen LogP contribution in [0, 0.1) is 22.7 Å². The SMILES string of the molecule is CNC(=O)C1(C)CCN(C2CCCCCC2C#N)C1. The van der Waals surface area contributed by atoms with E-state index < -0.39 is 0 Å². The lowest BCUT2D eigenvalue weighted by atomic mass is 9.88. The zero-order valence-corrected chi connectivity index (χ0v) is 12.1. The van der Waals surface area contributed by atoms with Crippen LogP contribution >= 0.6 is 0 Å². The van der Waals surface area contributed by atoms with Gasteiger partial charge in [0.05, 0.1) is 17.4 Å². The highest BCUT2D eigenvalue weighted by atomic mass is 16.2. The Morgan fingerprint density at radius 1 is 1.37 bits per heavy atom. The highest BCUT2D eigenvalue weighted by molar-refractivity contribution is 5.82. The molecule has 2 rings (SSSR count). The standard InChI is InChI=1S/C15H25N3O/c1-15(14(19)17-2)8-9-18(11-15)13-7-5-3-4-6-12(13)10-16/h12-13H,3-9,11H2,1-2H3,(H,17,19). The first-order chi connectivity index (χ1) is 9.10. The highest BCUT2D eigenvalue weighted by Crippen LogP contribution is 2.36. The maximum Gasteiger partial charge on any atom is 0.227 e. The van der Waals surface area contributed by atoms with Crippen LogP contribution < -0.4 is 5.32 Å². The van der Waals surface area contributed by atoms with Gasteiger partial charge in [-0.25, -0.2) is 0 Å². The minimum absolute atomic E-state index is 0.136. The molecule has 0 aromatic heterocycles. The van der Waals surface area contributed by atoms with E-state index in [1.54, 1.807) is 7.05 Å². The van der Waals surface area contributed by atoms with Crippen LogP contribution in [0.4, 0.5) is 0 Å². The van der Waals surface area contributed by atoms with E-state index in [-0.39, 0.29) is 17.2 Å². The van der Waals surface area contributed by atoms with Gasteiger partial charge in [-0.15, -0.1) is 0 Å². The number of amides is 1. The average molecular weight is 263 g/mol. The van der Waals surface area contributed by atoms with Gasteiger partial charge < -0.3 is 5.32 Å². The molecular weight excluding hydrogens is 238 g/mol. The van der Waals surface area contributed by atoms with Crippen molar-refractivity contribution in [3.05, 3.63) is 0 Å². The first-order valence-corrected chi connectivity index (χ1v) is 7.46. The lowest BCUT2D eigenvalue weighted by molar-refractivity contribution is -0.129. The number of carbonyl (C=O) groups excluding carboxylic acids is 1. The predicted molar refractivity (Wildman–Crippen MR) is 74.3 cm³/mol. The number of hydrogen-bond donors (Lipinski definition) is 1. The molecule has 2 fully saturated rings. The Labute approximate surface area is 116 Å². The second-order valence-electron chi connectivity index (χ2n) is 6.30. The van der Waals surface area contributed by atoms with Gasteiger partial charge >= 0.3 is 0 Å². The molecule has 1 N–H and O–H groups in total. The molecule has 106 valence electrons. The fourth-order valence-corrected chi connectivity index (χ4v) is 3.64. The lowest BCUT2D eigenvalue weighted by Crippen LogP contribution is -2.43. The molecule has 0 spiro atoms. The van der Waals surface area contributed by atoms with Gasteiger partial charge in [0.2, 0.25) is 5.91 Å². The minimum atomic E-state index is -0.277. The Balaban J connectivity index is 2.06. The van der Waals surface area contributed by atoms with E-state index in [1.807, 2.05) is 6.92 Å². The third-order valence-electron chi connectivity index (χ3n) is 4.89. The molecule has 3 unspecified atom stereocenters. The first kappa shape index (κ1) is 14.3. The molecule has 1 saturated carbocycles. The average Bonchev–Trinajstić information content (AvgIpc) is 2.68. The number of nitrogens with one attached hydrogen (secondary N) is 1. The van der Waals surface area contributed by atoms with Gasteiger partial charge in [0.25, 0.3) is 0 Å². The number of hydrogen-bond acceptors (Lipinski definition) is 3. The van der Waals surface area contributed by atoms with E-state index in [9.17, 15) is 10.1 Å². The second kappa shape index (κ2) is 5.92.